The molecule has 0 aromatic heterocycles. The van der Waals surface area contributed by atoms with E-state index in [1.165, 1.54) is 0 Å². The topological polar surface area (TPSA) is 35.5 Å². The molecule has 0 aliphatic carbocycles. The summed E-state index contributed by atoms with van der Waals surface area (Å²) < 4.78 is 103. The molecular formula is C5H4F7O3P. The van der Waals surface area contributed by atoms with E-state index in [9.17, 15) is 35.1 Å². The first-order chi connectivity index (χ1) is 6.91. The van der Waals surface area contributed by atoms with Crippen molar-refractivity contribution in [3.05, 3.63) is 0 Å². The lowest BCUT2D eigenvalue weighted by Crippen LogP contribution is -2.57. The van der Waals surface area contributed by atoms with Crippen LogP contribution in [0.1, 0.15) is 0 Å². The molecule has 0 unspecified atom stereocenters. The fraction of sp³-hybridized carbons (Fsp3) is 1.00. The maximum atomic E-state index is 12.4. The number of hydrogen-bond donors (Lipinski definition) is 0. The van der Waals surface area contributed by atoms with Gasteiger partial charge in [-0.25, -0.2) is 4.57 Å². The maximum Gasteiger partial charge on any atom is 0.513 e. The first kappa shape index (κ1) is 13.7. The monoisotopic (exact) mass is 276 g/mol. The highest BCUT2D eigenvalue weighted by Crippen LogP contribution is 2.62. The lowest BCUT2D eigenvalue weighted by Gasteiger charge is -2.39. The molecule has 11 heteroatoms. The average Bonchev–Trinajstić information content (AvgIpc) is 1.98. The summed E-state index contributed by atoms with van der Waals surface area (Å²) in [6.07, 6.45) is -11.5. The Morgan fingerprint density at radius 1 is 0.938 bits per heavy atom. The van der Waals surface area contributed by atoms with Crippen LogP contribution in [0, 0.1) is 5.41 Å². The van der Waals surface area contributed by atoms with Gasteiger partial charge in [-0.15, -0.1) is 4.20 Å². The molecule has 1 fully saturated rings. The molecule has 0 N–H and O–H groups in total. The van der Waals surface area contributed by atoms with Crippen molar-refractivity contribution in [3.63, 3.8) is 0 Å². The third-order valence-corrected chi connectivity index (χ3v) is 2.89. The van der Waals surface area contributed by atoms with Crippen LogP contribution in [0.25, 0.3) is 0 Å². The number of rotatable bonds is 0. The maximum absolute atomic E-state index is 12.4. The van der Waals surface area contributed by atoms with Crippen LogP contribution >= 0.6 is 7.91 Å². The van der Waals surface area contributed by atoms with Crippen LogP contribution in [0.2, 0.25) is 0 Å². The fourth-order valence-corrected chi connectivity index (χ4v) is 1.77. The Bertz CT molecular complexity index is 293. The summed E-state index contributed by atoms with van der Waals surface area (Å²) in [5, 5.41) is 0. The molecule has 0 aromatic carbocycles. The van der Waals surface area contributed by atoms with E-state index in [0.29, 0.717) is 0 Å². The van der Waals surface area contributed by atoms with Crippen molar-refractivity contribution < 1.29 is 44.2 Å². The molecule has 1 aliphatic rings. The minimum Gasteiger partial charge on any atom is -0.282 e. The van der Waals surface area contributed by atoms with Crippen molar-refractivity contribution in [3.8, 4) is 0 Å². The summed E-state index contributed by atoms with van der Waals surface area (Å²) in [5.41, 5.74) is -4.35. The minimum atomic E-state index is -5.74. The van der Waals surface area contributed by atoms with E-state index in [1.54, 1.807) is 0 Å². The van der Waals surface area contributed by atoms with Crippen LogP contribution in [0.15, 0.2) is 0 Å². The fourth-order valence-electron chi connectivity index (χ4n) is 0.942. The summed E-state index contributed by atoms with van der Waals surface area (Å²) in [6, 6.07) is 0. The number of halogens is 7. The van der Waals surface area contributed by atoms with Crippen LogP contribution in [0.4, 0.5) is 30.5 Å². The molecule has 0 spiro atoms. The van der Waals surface area contributed by atoms with E-state index in [0.717, 1.165) is 0 Å². The zero-order valence-corrected chi connectivity index (χ0v) is 8.13. The van der Waals surface area contributed by atoms with Crippen LogP contribution in [-0.2, 0) is 13.6 Å². The smallest absolute Gasteiger partial charge is 0.282 e. The molecule has 0 saturated carbocycles. The number of alkyl halides is 6. The van der Waals surface area contributed by atoms with Gasteiger partial charge in [0, 0.05) is 0 Å². The molecule has 1 aliphatic heterocycles. The van der Waals surface area contributed by atoms with Gasteiger partial charge in [-0.05, 0) is 0 Å². The van der Waals surface area contributed by atoms with Gasteiger partial charge in [0.2, 0.25) is 5.41 Å². The second-order valence-corrected chi connectivity index (χ2v) is 4.43. The van der Waals surface area contributed by atoms with E-state index in [1.807, 2.05) is 0 Å². The molecule has 0 bridgehead atoms. The van der Waals surface area contributed by atoms with Gasteiger partial charge in [-0.3, -0.25) is 9.05 Å². The highest BCUT2D eigenvalue weighted by atomic mass is 31.2. The Morgan fingerprint density at radius 2 is 1.25 bits per heavy atom. The van der Waals surface area contributed by atoms with Gasteiger partial charge in [0.25, 0.3) is 0 Å². The van der Waals surface area contributed by atoms with Gasteiger partial charge in [0.05, 0.1) is 13.2 Å². The summed E-state index contributed by atoms with van der Waals surface area (Å²) in [5.74, 6) is 0. The lowest BCUT2D eigenvalue weighted by atomic mass is 9.88. The van der Waals surface area contributed by atoms with E-state index >= 15 is 0 Å². The Balaban J connectivity index is 3.07. The molecule has 0 aromatic rings. The van der Waals surface area contributed by atoms with Gasteiger partial charge in [0.1, 0.15) is 0 Å². The van der Waals surface area contributed by atoms with Crippen LogP contribution in [-0.4, -0.2) is 25.6 Å². The minimum absolute atomic E-state index is 2.12. The summed E-state index contributed by atoms with van der Waals surface area (Å²) in [6.45, 7) is -4.23. The Labute approximate surface area is 84.2 Å². The Morgan fingerprint density at radius 3 is 1.50 bits per heavy atom. The molecule has 96 valence electrons. The Hall–Kier alpha value is -0.340. The second kappa shape index (κ2) is 3.58. The van der Waals surface area contributed by atoms with E-state index < -0.39 is 38.9 Å². The molecule has 1 rings (SSSR count). The van der Waals surface area contributed by atoms with Gasteiger partial charge in [0.15, 0.2) is 0 Å². The quantitative estimate of drug-likeness (QED) is 0.503. The van der Waals surface area contributed by atoms with Gasteiger partial charge >= 0.3 is 20.3 Å². The molecule has 1 saturated heterocycles. The standard InChI is InChI=1S/C5H4F7O3P/c6-4(7,8)3(5(9,10)11)1-14-16(12,13)15-2-3/h1-2H2. The molecule has 0 radical (unpaired) electrons. The largest absolute Gasteiger partial charge is 0.513 e. The second-order valence-electron chi connectivity index (χ2n) is 3.06. The van der Waals surface area contributed by atoms with Gasteiger partial charge in [-0.1, -0.05) is 0 Å². The zero-order valence-electron chi connectivity index (χ0n) is 7.23. The molecule has 1 heterocycles. The van der Waals surface area contributed by atoms with Crippen molar-refractivity contribution >= 4 is 7.91 Å². The third kappa shape index (κ3) is 2.18. The predicted octanol–water partition coefficient (Wildman–Crippen LogP) is 3.22. The highest BCUT2D eigenvalue weighted by Gasteiger charge is 2.73. The lowest BCUT2D eigenvalue weighted by molar-refractivity contribution is -0.360. The van der Waals surface area contributed by atoms with Crippen molar-refractivity contribution in [2.24, 2.45) is 5.41 Å². The zero-order chi connectivity index (χ0) is 12.8. The number of hydrogen-bond acceptors (Lipinski definition) is 3. The predicted molar refractivity (Wildman–Crippen MR) is 35.2 cm³/mol. The first-order valence-corrected chi connectivity index (χ1v) is 5.07. The first-order valence-electron chi connectivity index (χ1n) is 3.64. The molecule has 3 nitrogen and oxygen atoms in total. The van der Waals surface area contributed by atoms with E-state index in [-0.39, 0.29) is 0 Å². The van der Waals surface area contributed by atoms with E-state index in [4.69, 9.17) is 0 Å². The van der Waals surface area contributed by atoms with Crippen molar-refractivity contribution in [2.75, 3.05) is 13.2 Å². The SMILES string of the molecule is O=P1(F)OCC(C(F)(F)F)(C(F)(F)F)CO1. The molecule has 0 amide bonds. The summed E-state index contributed by atoms with van der Waals surface area (Å²) in [4.78, 5) is 0. The normalized spacial score (nSPS) is 25.4. The third-order valence-electron chi connectivity index (χ3n) is 2.02. The highest BCUT2D eigenvalue weighted by molar-refractivity contribution is 7.48. The van der Waals surface area contributed by atoms with Crippen molar-refractivity contribution in [2.45, 2.75) is 12.4 Å². The van der Waals surface area contributed by atoms with E-state index in [2.05, 4.69) is 9.05 Å². The summed E-state index contributed by atoms with van der Waals surface area (Å²) >= 11 is 0. The van der Waals surface area contributed by atoms with Crippen molar-refractivity contribution in [1.82, 2.24) is 0 Å². The van der Waals surface area contributed by atoms with Crippen molar-refractivity contribution in [1.29, 1.82) is 0 Å². The van der Waals surface area contributed by atoms with Gasteiger partial charge < -0.3 is 0 Å². The molecule has 0 atom stereocenters. The van der Waals surface area contributed by atoms with Gasteiger partial charge in [-0.2, -0.15) is 26.3 Å². The molecule has 16 heavy (non-hydrogen) atoms. The Kier molecular flexibility index (Phi) is 3.07. The average molecular weight is 276 g/mol. The van der Waals surface area contributed by atoms with Crippen LogP contribution < -0.4 is 0 Å². The van der Waals surface area contributed by atoms with Crippen LogP contribution in [0.5, 0.6) is 0 Å². The van der Waals surface area contributed by atoms with Crippen LogP contribution in [0.3, 0.4) is 0 Å². The summed E-state index contributed by atoms with van der Waals surface area (Å²) in [7, 11) is -5.31. The molecular weight excluding hydrogens is 272 g/mol.